The van der Waals surface area contributed by atoms with Crippen molar-refractivity contribution in [3.8, 4) is 0 Å². The SMILES string of the molecule is C[C@@H]1C[C@@H](NC(=O)/C=C/C(=O)O)CC(C)(C)C1. The third-order valence-electron chi connectivity index (χ3n) is 3.11. The largest absolute Gasteiger partial charge is 0.478 e. The highest BCUT2D eigenvalue weighted by atomic mass is 16.4. The Bertz CT molecular complexity index is 334. The first-order valence-corrected chi connectivity index (χ1v) is 6.00. The Kier molecular flexibility index (Phi) is 4.32. The van der Waals surface area contributed by atoms with Crippen LogP contribution in [0.2, 0.25) is 0 Å². The molecule has 0 aromatic heterocycles. The van der Waals surface area contributed by atoms with E-state index in [1.165, 1.54) is 6.42 Å². The minimum atomic E-state index is -1.10. The molecule has 1 fully saturated rings. The van der Waals surface area contributed by atoms with Crippen LogP contribution in [-0.4, -0.2) is 23.0 Å². The molecule has 0 saturated heterocycles. The Hall–Kier alpha value is -1.32. The van der Waals surface area contributed by atoms with Crippen molar-refractivity contribution in [3.63, 3.8) is 0 Å². The molecule has 4 heteroatoms. The molecule has 0 aliphatic heterocycles. The lowest BCUT2D eigenvalue weighted by Crippen LogP contribution is -2.42. The lowest BCUT2D eigenvalue weighted by atomic mass is 9.70. The first kappa shape index (κ1) is 13.7. The number of amides is 1. The summed E-state index contributed by atoms with van der Waals surface area (Å²) in [7, 11) is 0. The zero-order chi connectivity index (χ0) is 13.1. The summed E-state index contributed by atoms with van der Waals surface area (Å²) in [5, 5.41) is 11.3. The fourth-order valence-corrected chi connectivity index (χ4v) is 2.85. The van der Waals surface area contributed by atoms with E-state index >= 15 is 0 Å². The molecule has 1 amide bonds. The van der Waals surface area contributed by atoms with Gasteiger partial charge in [-0.25, -0.2) is 4.79 Å². The van der Waals surface area contributed by atoms with Crippen LogP contribution in [0.4, 0.5) is 0 Å². The summed E-state index contributed by atoms with van der Waals surface area (Å²) >= 11 is 0. The number of hydrogen-bond acceptors (Lipinski definition) is 2. The summed E-state index contributed by atoms with van der Waals surface area (Å²) in [5.74, 6) is -0.827. The standard InChI is InChI=1S/C13H21NO3/c1-9-6-10(8-13(2,3)7-9)14-11(15)4-5-12(16)17/h4-5,9-10H,6-8H2,1-3H3,(H,14,15)(H,16,17)/b5-4+/t9-,10-/m1/s1. The lowest BCUT2D eigenvalue weighted by Gasteiger charge is -2.39. The number of rotatable bonds is 3. The predicted molar refractivity (Wildman–Crippen MR) is 65.5 cm³/mol. The van der Waals surface area contributed by atoms with E-state index < -0.39 is 5.97 Å². The molecular weight excluding hydrogens is 218 g/mol. The molecule has 0 bridgehead atoms. The van der Waals surface area contributed by atoms with Crippen LogP contribution in [0.5, 0.6) is 0 Å². The number of carbonyl (C=O) groups excluding carboxylic acids is 1. The molecule has 2 atom stereocenters. The van der Waals surface area contributed by atoms with Crippen molar-refractivity contribution in [2.45, 2.75) is 46.1 Å². The van der Waals surface area contributed by atoms with Crippen molar-refractivity contribution >= 4 is 11.9 Å². The molecular formula is C13H21NO3. The van der Waals surface area contributed by atoms with Crippen molar-refractivity contribution in [3.05, 3.63) is 12.2 Å². The predicted octanol–water partition coefficient (Wildman–Crippen LogP) is 1.96. The quantitative estimate of drug-likeness (QED) is 0.740. The Morgan fingerprint density at radius 1 is 1.29 bits per heavy atom. The van der Waals surface area contributed by atoms with Crippen LogP contribution in [-0.2, 0) is 9.59 Å². The number of carbonyl (C=O) groups is 2. The highest BCUT2D eigenvalue weighted by Gasteiger charge is 2.32. The van der Waals surface area contributed by atoms with Gasteiger partial charge in [0.05, 0.1) is 0 Å². The fourth-order valence-electron chi connectivity index (χ4n) is 2.85. The average Bonchev–Trinajstić information content (AvgIpc) is 2.11. The van der Waals surface area contributed by atoms with Crippen molar-refractivity contribution in [2.75, 3.05) is 0 Å². The van der Waals surface area contributed by atoms with Crippen LogP contribution >= 0.6 is 0 Å². The topological polar surface area (TPSA) is 66.4 Å². The maximum absolute atomic E-state index is 11.5. The number of carboxylic acids is 1. The summed E-state index contributed by atoms with van der Waals surface area (Å²) < 4.78 is 0. The molecule has 96 valence electrons. The van der Waals surface area contributed by atoms with Gasteiger partial charge >= 0.3 is 5.97 Å². The first-order valence-electron chi connectivity index (χ1n) is 6.00. The van der Waals surface area contributed by atoms with E-state index in [0.29, 0.717) is 5.92 Å². The van der Waals surface area contributed by atoms with Gasteiger partial charge in [0.2, 0.25) is 5.91 Å². The zero-order valence-electron chi connectivity index (χ0n) is 10.7. The summed E-state index contributed by atoms with van der Waals surface area (Å²) in [5.41, 5.74) is 0.242. The summed E-state index contributed by atoms with van der Waals surface area (Å²) in [6.07, 6.45) is 5.03. The number of aliphatic carboxylic acids is 1. The van der Waals surface area contributed by atoms with Gasteiger partial charge in [0.1, 0.15) is 0 Å². The molecule has 1 rings (SSSR count). The molecule has 0 unspecified atom stereocenters. The van der Waals surface area contributed by atoms with Crippen molar-refractivity contribution in [1.29, 1.82) is 0 Å². The Balaban J connectivity index is 2.51. The van der Waals surface area contributed by atoms with E-state index in [2.05, 4.69) is 26.1 Å². The summed E-state index contributed by atoms with van der Waals surface area (Å²) in [4.78, 5) is 21.8. The van der Waals surface area contributed by atoms with E-state index in [1.54, 1.807) is 0 Å². The van der Waals surface area contributed by atoms with Gasteiger partial charge in [0, 0.05) is 18.2 Å². The van der Waals surface area contributed by atoms with E-state index in [4.69, 9.17) is 5.11 Å². The molecule has 0 aromatic rings. The summed E-state index contributed by atoms with van der Waals surface area (Å²) in [6.45, 7) is 6.59. The van der Waals surface area contributed by atoms with E-state index in [0.717, 1.165) is 25.0 Å². The third kappa shape index (κ3) is 5.02. The van der Waals surface area contributed by atoms with Gasteiger partial charge in [-0.3, -0.25) is 4.79 Å². The molecule has 1 saturated carbocycles. The van der Waals surface area contributed by atoms with Gasteiger partial charge in [-0.05, 0) is 30.6 Å². The molecule has 4 nitrogen and oxygen atoms in total. The van der Waals surface area contributed by atoms with Crippen molar-refractivity contribution < 1.29 is 14.7 Å². The van der Waals surface area contributed by atoms with Crippen LogP contribution in [0.25, 0.3) is 0 Å². The Labute approximate surface area is 102 Å². The molecule has 2 N–H and O–H groups in total. The second-order valence-corrected chi connectivity index (χ2v) is 5.79. The first-order chi connectivity index (χ1) is 7.78. The maximum atomic E-state index is 11.5. The summed E-state index contributed by atoms with van der Waals surface area (Å²) in [6, 6.07) is 0.152. The van der Waals surface area contributed by atoms with Crippen LogP contribution < -0.4 is 5.32 Å². The molecule has 1 aliphatic rings. The number of carboxylic acid groups (broad SMARTS) is 1. The van der Waals surface area contributed by atoms with E-state index in [1.807, 2.05) is 0 Å². The highest BCUT2D eigenvalue weighted by Crippen LogP contribution is 2.38. The molecule has 1 aliphatic carbocycles. The molecule has 0 spiro atoms. The molecule has 0 heterocycles. The zero-order valence-corrected chi connectivity index (χ0v) is 10.7. The molecule has 17 heavy (non-hydrogen) atoms. The maximum Gasteiger partial charge on any atom is 0.328 e. The second-order valence-electron chi connectivity index (χ2n) is 5.79. The van der Waals surface area contributed by atoms with Crippen LogP contribution in [0.15, 0.2) is 12.2 Å². The normalized spacial score (nSPS) is 27.9. The highest BCUT2D eigenvalue weighted by molar-refractivity contribution is 5.93. The third-order valence-corrected chi connectivity index (χ3v) is 3.11. The van der Waals surface area contributed by atoms with Gasteiger partial charge < -0.3 is 10.4 Å². The minimum absolute atomic E-state index is 0.152. The Morgan fingerprint density at radius 3 is 2.47 bits per heavy atom. The second kappa shape index (κ2) is 5.34. The Morgan fingerprint density at radius 2 is 1.94 bits per heavy atom. The monoisotopic (exact) mass is 239 g/mol. The van der Waals surface area contributed by atoms with Gasteiger partial charge in [0.15, 0.2) is 0 Å². The van der Waals surface area contributed by atoms with Crippen molar-refractivity contribution in [2.24, 2.45) is 11.3 Å². The fraction of sp³-hybridized carbons (Fsp3) is 0.692. The van der Waals surface area contributed by atoms with Gasteiger partial charge in [-0.1, -0.05) is 20.8 Å². The van der Waals surface area contributed by atoms with E-state index in [-0.39, 0.29) is 17.4 Å². The van der Waals surface area contributed by atoms with E-state index in [9.17, 15) is 9.59 Å². The van der Waals surface area contributed by atoms with Gasteiger partial charge in [-0.2, -0.15) is 0 Å². The molecule has 0 radical (unpaired) electrons. The van der Waals surface area contributed by atoms with Crippen LogP contribution in [0.1, 0.15) is 40.0 Å². The number of hydrogen-bond donors (Lipinski definition) is 2. The van der Waals surface area contributed by atoms with Crippen LogP contribution in [0, 0.1) is 11.3 Å². The minimum Gasteiger partial charge on any atom is -0.478 e. The average molecular weight is 239 g/mol. The van der Waals surface area contributed by atoms with Crippen molar-refractivity contribution in [1.82, 2.24) is 5.32 Å². The number of nitrogens with one attached hydrogen (secondary N) is 1. The van der Waals surface area contributed by atoms with Gasteiger partial charge in [-0.15, -0.1) is 0 Å². The van der Waals surface area contributed by atoms with Gasteiger partial charge in [0.25, 0.3) is 0 Å². The van der Waals surface area contributed by atoms with Crippen LogP contribution in [0.3, 0.4) is 0 Å². The smallest absolute Gasteiger partial charge is 0.328 e. The molecule has 0 aromatic carbocycles. The lowest BCUT2D eigenvalue weighted by molar-refractivity contribution is -0.131.